The Bertz CT molecular complexity index is 675. The van der Waals surface area contributed by atoms with Crippen LogP contribution in [0, 0.1) is 13.8 Å². The Morgan fingerprint density at radius 3 is 2.82 bits per heavy atom. The molecule has 6 nitrogen and oxygen atoms in total. The Hall–Kier alpha value is -2.34. The van der Waals surface area contributed by atoms with Crippen LogP contribution in [-0.4, -0.2) is 45.5 Å². The smallest absolute Gasteiger partial charge is 0.257 e. The third kappa shape index (κ3) is 2.96. The quantitative estimate of drug-likeness (QED) is 0.844. The molecule has 2 aromatic rings. The molecule has 1 aliphatic heterocycles. The van der Waals surface area contributed by atoms with Gasteiger partial charge in [0.25, 0.3) is 5.91 Å². The molecule has 0 spiro atoms. The van der Waals surface area contributed by atoms with Crippen molar-refractivity contribution in [2.24, 2.45) is 0 Å². The number of carbonyl (C=O) groups excluding carboxylic acids is 1. The fourth-order valence-corrected chi connectivity index (χ4v) is 2.58. The zero-order chi connectivity index (χ0) is 15.5. The van der Waals surface area contributed by atoms with Crippen LogP contribution in [0.15, 0.2) is 30.7 Å². The second kappa shape index (κ2) is 6.19. The van der Waals surface area contributed by atoms with Gasteiger partial charge in [0.05, 0.1) is 24.4 Å². The molecule has 1 fully saturated rings. The van der Waals surface area contributed by atoms with Gasteiger partial charge in [-0.3, -0.25) is 9.78 Å². The standard InChI is InChI=1S/C16H18N4O2/c1-11-14(9-18-12(2)19-11)16(21)20-7-8-22-15(10-20)13-3-5-17-6-4-13/h3-6,9,15H,7-8,10H2,1-2H3/t15-/m0/s1. The fraction of sp³-hybridized carbons (Fsp3) is 0.375. The lowest BCUT2D eigenvalue weighted by Crippen LogP contribution is -2.42. The molecule has 2 aromatic heterocycles. The molecule has 0 aromatic carbocycles. The van der Waals surface area contributed by atoms with Gasteiger partial charge in [0.1, 0.15) is 11.9 Å². The van der Waals surface area contributed by atoms with Crippen molar-refractivity contribution in [2.45, 2.75) is 20.0 Å². The molecule has 6 heteroatoms. The van der Waals surface area contributed by atoms with Crippen molar-refractivity contribution < 1.29 is 9.53 Å². The van der Waals surface area contributed by atoms with Gasteiger partial charge in [-0.1, -0.05) is 0 Å². The van der Waals surface area contributed by atoms with Crippen LogP contribution < -0.4 is 0 Å². The van der Waals surface area contributed by atoms with E-state index in [0.717, 1.165) is 5.56 Å². The predicted octanol–water partition coefficient (Wildman–Crippen LogP) is 1.70. The van der Waals surface area contributed by atoms with Gasteiger partial charge in [-0.25, -0.2) is 9.97 Å². The van der Waals surface area contributed by atoms with Crippen molar-refractivity contribution in [3.8, 4) is 0 Å². The van der Waals surface area contributed by atoms with Crippen LogP contribution in [0.4, 0.5) is 0 Å². The summed E-state index contributed by atoms with van der Waals surface area (Å²) >= 11 is 0. The molecule has 1 aliphatic rings. The Balaban J connectivity index is 1.78. The average Bonchev–Trinajstić information content (AvgIpc) is 2.55. The van der Waals surface area contributed by atoms with Crippen LogP contribution in [0.5, 0.6) is 0 Å². The molecule has 1 atom stereocenters. The number of aryl methyl sites for hydroxylation is 2. The lowest BCUT2D eigenvalue weighted by atomic mass is 10.1. The van der Waals surface area contributed by atoms with E-state index >= 15 is 0 Å². The lowest BCUT2D eigenvalue weighted by molar-refractivity contribution is -0.0229. The summed E-state index contributed by atoms with van der Waals surface area (Å²) in [4.78, 5) is 26.9. The maximum atomic E-state index is 12.7. The summed E-state index contributed by atoms with van der Waals surface area (Å²) in [5.41, 5.74) is 2.30. The molecule has 114 valence electrons. The van der Waals surface area contributed by atoms with Crippen molar-refractivity contribution in [1.29, 1.82) is 0 Å². The highest BCUT2D eigenvalue weighted by molar-refractivity contribution is 5.95. The van der Waals surface area contributed by atoms with Crippen molar-refractivity contribution in [3.63, 3.8) is 0 Å². The molecule has 0 saturated carbocycles. The van der Waals surface area contributed by atoms with E-state index in [1.54, 1.807) is 23.5 Å². The molecule has 1 saturated heterocycles. The first-order chi connectivity index (χ1) is 10.6. The Labute approximate surface area is 129 Å². The minimum atomic E-state index is -0.118. The van der Waals surface area contributed by atoms with Gasteiger partial charge in [-0.05, 0) is 31.5 Å². The molecule has 3 rings (SSSR count). The van der Waals surface area contributed by atoms with E-state index in [1.807, 2.05) is 26.0 Å². The van der Waals surface area contributed by atoms with E-state index in [0.29, 0.717) is 36.8 Å². The number of pyridine rings is 1. The molecule has 0 unspecified atom stereocenters. The minimum Gasteiger partial charge on any atom is -0.370 e. The number of amides is 1. The molecular weight excluding hydrogens is 280 g/mol. The summed E-state index contributed by atoms with van der Waals surface area (Å²) in [5, 5.41) is 0. The van der Waals surface area contributed by atoms with Crippen LogP contribution in [0.1, 0.15) is 33.5 Å². The third-order valence-electron chi connectivity index (χ3n) is 3.76. The SMILES string of the molecule is Cc1ncc(C(=O)N2CCO[C@H](c3ccncc3)C2)c(C)n1. The highest BCUT2D eigenvalue weighted by Crippen LogP contribution is 2.23. The second-order valence-electron chi connectivity index (χ2n) is 5.31. The maximum Gasteiger partial charge on any atom is 0.257 e. The van der Waals surface area contributed by atoms with E-state index in [4.69, 9.17) is 4.74 Å². The molecule has 0 N–H and O–H groups in total. The average molecular weight is 298 g/mol. The topological polar surface area (TPSA) is 68.2 Å². The molecule has 0 aliphatic carbocycles. The number of carbonyl (C=O) groups is 1. The van der Waals surface area contributed by atoms with Crippen molar-refractivity contribution in [3.05, 3.63) is 53.4 Å². The zero-order valence-electron chi connectivity index (χ0n) is 12.7. The number of nitrogens with zero attached hydrogens (tertiary/aromatic N) is 4. The first-order valence-corrected chi connectivity index (χ1v) is 7.26. The highest BCUT2D eigenvalue weighted by atomic mass is 16.5. The van der Waals surface area contributed by atoms with E-state index in [9.17, 15) is 4.79 Å². The Morgan fingerprint density at radius 2 is 2.09 bits per heavy atom. The largest absolute Gasteiger partial charge is 0.370 e. The van der Waals surface area contributed by atoms with E-state index < -0.39 is 0 Å². The summed E-state index contributed by atoms with van der Waals surface area (Å²) in [5.74, 6) is 0.630. The summed E-state index contributed by atoms with van der Waals surface area (Å²) in [6.45, 7) is 5.27. The zero-order valence-corrected chi connectivity index (χ0v) is 12.7. The summed E-state index contributed by atoms with van der Waals surface area (Å²) in [7, 11) is 0. The minimum absolute atomic E-state index is 0.0418. The Morgan fingerprint density at radius 1 is 1.32 bits per heavy atom. The van der Waals surface area contributed by atoms with Gasteiger partial charge in [-0.15, -0.1) is 0 Å². The number of hydrogen-bond donors (Lipinski definition) is 0. The summed E-state index contributed by atoms with van der Waals surface area (Å²) in [6, 6.07) is 3.83. The predicted molar refractivity (Wildman–Crippen MR) is 80.3 cm³/mol. The normalized spacial score (nSPS) is 18.3. The third-order valence-corrected chi connectivity index (χ3v) is 3.76. The monoisotopic (exact) mass is 298 g/mol. The van der Waals surface area contributed by atoms with Crippen LogP contribution >= 0.6 is 0 Å². The van der Waals surface area contributed by atoms with E-state index in [2.05, 4.69) is 15.0 Å². The van der Waals surface area contributed by atoms with Gasteiger partial charge in [0.2, 0.25) is 0 Å². The van der Waals surface area contributed by atoms with Crippen molar-refractivity contribution >= 4 is 5.91 Å². The number of aromatic nitrogens is 3. The molecule has 0 radical (unpaired) electrons. The highest BCUT2D eigenvalue weighted by Gasteiger charge is 2.27. The van der Waals surface area contributed by atoms with E-state index in [-0.39, 0.29) is 12.0 Å². The summed E-state index contributed by atoms with van der Waals surface area (Å²) in [6.07, 6.45) is 4.96. The van der Waals surface area contributed by atoms with Gasteiger partial charge in [0, 0.05) is 25.1 Å². The van der Waals surface area contributed by atoms with E-state index in [1.165, 1.54) is 0 Å². The van der Waals surface area contributed by atoms with Crippen LogP contribution in [0.25, 0.3) is 0 Å². The molecule has 22 heavy (non-hydrogen) atoms. The first-order valence-electron chi connectivity index (χ1n) is 7.26. The van der Waals surface area contributed by atoms with Gasteiger partial charge < -0.3 is 9.64 Å². The number of hydrogen-bond acceptors (Lipinski definition) is 5. The lowest BCUT2D eigenvalue weighted by Gasteiger charge is -2.33. The molecule has 3 heterocycles. The van der Waals surface area contributed by atoms with Crippen molar-refractivity contribution in [2.75, 3.05) is 19.7 Å². The van der Waals surface area contributed by atoms with Gasteiger partial charge in [0.15, 0.2) is 0 Å². The van der Waals surface area contributed by atoms with Crippen molar-refractivity contribution in [1.82, 2.24) is 19.9 Å². The molecule has 0 bridgehead atoms. The fourth-order valence-electron chi connectivity index (χ4n) is 2.58. The number of morpholine rings is 1. The number of rotatable bonds is 2. The Kier molecular flexibility index (Phi) is 4.11. The van der Waals surface area contributed by atoms with Crippen LogP contribution in [0.3, 0.4) is 0 Å². The second-order valence-corrected chi connectivity index (χ2v) is 5.31. The first kappa shape index (κ1) is 14.6. The summed E-state index contributed by atoms with van der Waals surface area (Å²) < 4.78 is 5.78. The molecular formula is C16H18N4O2. The van der Waals surface area contributed by atoms with Crippen LogP contribution in [-0.2, 0) is 4.74 Å². The number of ether oxygens (including phenoxy) is 1. The van der Waals surface area contributed by atoms with Gasteiger partial charge in [-0.2, -0.15) is 0 Å². The van der Waals surface area contributed by atoms with Gasteiger partial charge >= 0.3 is 0 Å². The molecule has 1 amide bonds. The van der Waals surface area contributed by atoms with Crippen LogP contribution in [0.2, 0.25) is 0 Å². The maximum absolute atomic E-state index is 12.7.